The van der Waals surface area contributed by atoms with Gasteiger partial charge in [-0.3, -0.25) is 9.69 Å². The average molecular weight is 172 g/mol. The van der Waals surface area contributed by atoms with Crippen LogP contribution < -0.4 is 0 Å². The molecule has 70 valence electrons. The fraction of sp³-hybridized carbons (Fsp3) is 0.875. The third-order valence-electron chi connectivity index (χ3n) is 2.19. The first-order chi connectivity index (χ1) is 5.83. The maximum Gasteiger partial charge on any atom is 0.293 e. The molecule has 0 bridgehead atoms. The van der Waals surface area contributed by atoms with E-state index >= 15 is 0 Å². The van der Waals surface area contributed by atoms with Gasteiger partial charge in [0.2, 0.25) is 0 Å². The lowest BCUT2D eigenvalue weighted by atomic mass is 10.3. The third kappa shape index (κ3) is 3.19. The predicted octanol–water partition coefficient (Wildman–Crippen LogP) is -0.593. The molecular weight excluding hydrogens is 156 g/mol. The predicted molar refractivity (Wildman–Crippen MR) is 46.0 cm³/mol. The van der Waals surface area contributed by atoms with Crippen LogP contribution in [0.2, 0.25) is 0 Å². The molecule has 0 spiro atoms. The molecule has 1 heterocycles. The Hall–Kier alpha value is -0.610. The molecule has 1 saturated heterocycles. The van der Waals surface area contributed by atoms with Crippen molar-refractivity contribution in [1.82, 2.24) is 9.80 Å². The molecule has 0 N–H and O–H groups in total. The lowest BCUT2D eigenvalue weighted by Crippen LogP contribution is -2.45. The van der Waals surface area contributed by atoms with Gasteiger partial charge in [0.25, 0.3) is 6.47 Å². The zero-order valence-electron chi connectivity index (χ0n) is 7.53. The van der Waals surface area contributed by atoms with Crippen LogP contribution in [0.5, 0.6) is 0 Å². The van der Waals surface area contributed by atoms with Crippen LogP contribution in [0, 0.1) is 0 Å². The van der Waals surface area contributed by atoms with E-state index in [1.54, 1.807) is 0 Å². The van der Waals surface area contributed by atoms with Crippen LogP contribution in [0.15, 0.2) is 0 Å². The number of ether oxygens (including phenoxy) is 1. The minimum absolute atomic E-state index is 0.510. The smallest absolute Gasteiger partial charge is 0.293 e. The Labute approximate surface area is 73.1 Å². The van der Waals surface area contributed by atoms with Crippen molar-refractivity contribution in [3.63, 3.8) is 0 Å². The highest BCUT2D eigenvalue weighted by molar-refractivity contribution is 5.36. The van der Waals surface area contributed by atoms with Crippen molar-refractivity contribution in [2.75, 3.05) is 46.4 Å². The van der Waals surface area contributed by atoms with E-state index in [2.05, 4.69) is 21.6 Å². The Morgan fingerprint density at radius 2 is 2.00 bits per heavy atom. The molecule has 1 rings (SSSR count). The van der Waals surface area contributed by atoms with Crippen molar-refractivity contribution in [2.45, 2.75) is 0 Å². The summed E-state index contributed by atoms with van der Waals surface area (Å²) in [4.78, 5) is 14.5. The normalized spacial score (nSPS) is 20.8. The lowest BCUT2D eigenvalue weighted by Gasteiger charge is -2.31. The van der Waals surface area contributed by atoms with Crippen molar-refractivity contribution in [2.24, 2.45) is 0 Å². The SMILES string of the molecule is CN1CCN(CCOC=O)CC1. The Balaban J connectivity index is 2.05. The molecule has 1 fully saturated rings. The van der Waals surface area contributed by atoms with Gasteiger partial charge >= 0.3 is 0 Å². The summed E-state index contributed by atoms with van der Waals surface area (Å²) in [5, 5.41) is 0. The largest absolute Gasteiger partial charge is 0.467 e. The van der Waals surface area contributed by atoms with Crippen molar-refractivity contribution in [3.05, 3.63) is 0 Å². The van der Waals surface area contributed by atoms with Crippen LogP contribution in [-0.4, -0.2) is 62.7 Å². The number of likely N-dealkylation sites (N-methyl/N-ethyl adjacent to an activating group) is 1. The lowest BCUT2D eigenvalue weighted by molar-refractivity contribution is -0.129. The Morgan fingerprint density at radius 1 is 1.33 bits per heavy atom. The van der Waals surface area contributed by atoms with Gasteiger partial charge in [-0.15, -0.1) is 0 Å². The number of piperazine rings is 1. The van der Waals surface area contributed by atoms with Crippen LogP contribution in [0.1, 0.15) is 0 Å². The summed E-state index contributed by atoms with van der Waals surface area (Å²) in [6.45, 7) is 6.29. The second kappa shape index (κ2) is 5.11. The van der Waals surface area contributed by atoms with Gasteiger partial charge in [0.1, 0.15) is 6.61 Å². The van der Waals surface area contributed by atoms with Gasteiger partial charge < -0.3 is 9.64 Å². The van der Waals surface area contributed by atoms with Crippen molar-refractivity contribution in [1.29, 1.82) is 0 Å². The van der Waals surface area contributed by atoms with Gasteiger partial charge in [0.15, 0.2) is 0 Å². The molecular formula is C8H16N2O2. The second-order valence-corrected chi connectivity index (χ2v) is 3.11. The number of carbonyl (C=O) groups excluding carboxylic acids is 1. The Morgan fingerprint density at radius 3 is 2.58 bits per heavy atom. The molecule has 1 aliphatic heterocycles. The van der Waals surface area contributed by atoms with Crippen molar-refractivity contribution >= 4 is 6.47 Å². The summed E-state index contributed by atoms with van der Waals surface area (Å²) in [5.41, 5.74) is 0. The minimum atomic E-state index is 0.510. The number of hydrogen-bond donors (Lipinski definition) is 0. The summed E-state index contributed by atoms with van der Waals surface area (Å²) in [5.74, 6) is 0. The fourth-order valence-electron chi connectivity index (χ4n) is 1.30. The highest BCUT2D eigenvalue weighted by atomic mass is 16.5. The van der Waals surface area contributed by atoms with Gasteiger partial charge in [0, 0.05) is 32.7 Å². The van der Waals surface area contributed by atoms with Crippen LogP contribution in [0.3, 0.4) is 0 Å². The first kappa shape index (κ1) is 9.48. The van der Waals surface area contributed by atoms with Gasteiger partial charge in [-0.2, -0.15) is 0 Å². The molecule has 0 radical (unpaired) electrons. The summed E-state index contributed by atoms with van der Waals surface area (Å²) in [6, 6.07) is 0. The summed E-state index contributed by atoms with van der Waals surface area (Å²) >= 11 is 0. The first-order valence-electron chi connectivity index (χ1n) is 4.29. The van der Waals surface area contributed by atoms with Gasteiger partial charge in [-0.1, -0.05) is 0 Å². The number of nitrogens with zero attached hydrogens (tertiary/aromatic N) is 2. The van der Waals surface area contributed by atoms with E-state index in [1.807, 2.05) is 0 Å². The molecule has 4 heteroatoms. The first-order valence-corrected chi connectivity index (χ1v) is 4.29. The van der Waals surface area contributed by atoms with E-state index in [9.17, 15) is 4.79 Å². The van der Waals surface area contributed by atoms with Crippen LogP contribution in [0.25, 0.3) is 0 Å². The molecule has 0 aromatic heterocycles. The monoisotopic (exact) mass is 172 g/mol. The zero-order valence-corrected chi connectivity index (χ0v) is 7.53. The number of rotatable bonds is 4. The zero-order chi connectivity index (χ0) is 8.81. The highest BCUT2D eigenvalue weighted by Gasteiger charge is 2.12. The third-order valence-corrected chi connectivity index (χ3v) is 2.19. The number of carbonyl (C=O) groups is 1. The van der Waals surface area contributed by atoms with E-state index in [0.29, 0.717) is 13.1 Å². The molecule has 0 unspecified atom stereocenters. The van der Waals surface area contributed by atoms with Crippen LogP contribution in [0.4, 0.5) is 0 Å². The van der Waals surface area contributed by atoms with Gasteiger partial charge in [0.05, 0.1) is 0 Å². The van der Waals surface area contributed by atoms with Gasteiger partial charge in [-0.05, 0) is 7.05 Å². The molecule has 0 aromatic rings. The van der Waals surface area contributed by atoms with E-state index in [0.717, 1.165) is 32.7 Å². The molecule has 1 aliphatic rings. The van der Waals surface area contributed by atoms with E-state index in [-0.39, 0.29) is 0 Å². The molecule has 4 nitrogen and oxygen atoms in total. The highest BCUT2D eigenvalue weighted by Crippen LogP contribution is 1.97. The second-order valence-electron chi connectivity index (χ2n) is 3.11. The molecule has 0 aliphatic carbocycles. The topological polar surface area (TPSA) is 32.8 Å². The van der Waals surface area contributed by atoms with E-state index in [4.69, 9.17) is 0 Å². The maximum atomic E-state index is 9.85. The molecule has 0 aromatic carbocycles. The molecule has 0 saturated carbocycles. The molecule has 0 amide bonds. The van der Waals surface area contributed by atoms with Crippen LogP contribution in [-0.2, 0) is 9.53 Å². The van der Waals surface area contributed by atoms with Gasteiger partial charge in [-0.25, -0.2) is 0 Å². The average Bonchev–Trinajstić information content (AvgIpc) is 2.09. The molecule has 0 atom stereocenters. The van der Waals surface area contributed by atoms with E-state index in [1.165, 1.54) is 0 Å². The maximum absolute atomic E-state index is 9.85. The summed E-state index contributed by atoms with van der Waals surface area (Å²) < 4.78 is 4.63. The fourth-order valence-corrected chi connectivity index (χ4v) is 1.30. The Kier molecular flexibility index (Phi) is 4.04. The summed E-state index contributed by atoms with van der Waals surface area (Å²) in [6.07, 6.45) is 0. The quantitative estimate of drug-likeness (QED) is 0.419. The van der Waals surface area contributed by atoms with E-state index < -0.39 is 0 Å². The summed E-state index contributed by atoms with van der Waals surface area (Å²) in [7, 11) is 2.12. The minimum Gasteiger partial charge on any atom is -0.467 e. The standard InChI is InChI=1S/C8H16N2O2/c1-9-2-4-10(5-3-9)6-7-12-8-11/h8H,2-7H2,1H3. The van der Waals surface area contributed by atoms with Crippen molar-refractivity contribution < 1.29 is 9.53 Å². The molecule has 12 heavy (non-hydrogen) atoms. The number of hydrogen-bond acceptors (Lipinski definition) is 4. The van der Waals surface area contributed by atoms with Crippen LogP contribution >= 0.6 is 0 Å². The van der Waals surface area contributed by atoms with Crippen molar-refractivity contribution in [3.8, 4) is 0 Å². The Bertz CT molecular complexity index is 133.